The molecule has 8 heteroatoms. The number of nitrogens with two attached hydrogens (primary N) is 1. The maximum absolute atomic E-state index is 13.7. The Bertz CT molecular complexity index is 1270. The van der Waals surface area contributed by atoms with E-state index >= 15 is 0 Å². The highest BCUT2D eigenvalue weighted by Crippen LogP contribution is 2.67. The number of fused-ring (bicyclic) bond motifs is 5. The molecule has 334 valence electrons. The van der Waals surface area contributed by atoms with Gasteiger partial charge in [-0.25, -0.2) is 4.79 Å². The van der Waals surface area contributed by atoms with Crippen molar-refractivity contribution in [1.82, 2.24) is 15.5 Å². The highest BCUT2D eigenvalue weighted by Gasteiger charge is 2.59. The van der Waals surface area contributed by atoms with E-state index in [0.717, 1.165) is 67.6 Å². The molecule has 0 saturated heterocycles. The molecule has 0 radical (unpaired) electrons. The monoisotopic (exact) mass is 811 g/mol. The van der Waals surface area contributed by atoms with Crippen molar-refractivity contribution in [3.05, 3.63) is 11.6 Å². The van der Waals surface area contributed by atoms with Crippen LogP contribution < -0.4 is 16.4 Å². The van der Waals surface area contributed by atoms with Crippen LogP contribution in [0.3, 0.4) is 0 Å². The van der Waals surface area contributed by atoms with Gasteiger partial charge in [0, 0.05) is 32.5 Å². The van der Waals surface area contributed by atoms with Gasteiger partial charge in [-0.2, -0.15) is 0 Å². The number of hydrogen-bond acceptors (Lipinski definition) is 5. The lowest BCUT2D eigenvalue weighted by Crippen LogP contribution is -2.51. The molecule has 4 N–H and O–H groups in total. The van der Waals surface area contributed by atoms with Gasteiger partial charge >= 0.3 is 6.09 Å². The van der Waals surface area contributed by atoms with E-state index in [1.807, 2.05) is 0 Å². The molecule has 4 aliphatic rings. The summed E-state index contributed by atoms with van der Waals surface area (Å²) in [6, 6.07) is 0. The number of ether oxygens (including phenoxy) is 1. The minimum atomic E-state index is -0.419. The largest absolute Gasteiger partial charge is 0.446 e. The molecule has 0 bridgehead atoms. The summed E-state index contributed by atoms with van der Waals surface area (Å²) in [6.45, 7) is 16.5. The van der Waals surface area contributed by atoms with Gasteiger partial charge in [-0.3, -0.25) is 14.5 Å². The predicted molar refractivity (Wildman–Crippen MR) is 240 cm³/mol. The molecule has 3 amide bonds. The van der Waals surface area contributed by atoms with Crippen LogP contribution in [0.2, 0.25) is 0 Å². The van der Waals surface area contributed by atoms with E-state index in [1.165, 1.54) is 120 Å². The van der Waals surface area contributed by atoms with Gasteiger partial charge in [0.05, 0.1) is 0 Å². The Labute approximate surface area is 356 Å². The summed E-state index contributed by atoms with van der Waals surface area (Å²) in [7, 11) is 0. The van der Waals surface area contributed by atoms with Crippen LogP contribution in [-0.4, -0.2) is 61.6 Å². The molecule has 0 unspecified atom stereocenters. The van der Waals surface area contributed by atoms with Crippen LogP contribution in [-0.2, 0) is 14.3 Å². The van der Waals surface area contributed by atoms with Gasteiger partial charge in [0.25, 0.3) is 0 Å². The van der Waals surface area contributed by atoms with Crippen molar-refractivity contribution in [1.29, 1.82) is 0 Å². The summed E-state index contributed by atoms with van der Waals surface area (Å²) in [5, 5.41) is 5.94. The minimum absolute atomic E-state index is 0.0511. The van der Waals surface area contributed by atoms with E-state index in [0.29, 0.717) is 50.9 Å². The van der Waals surface area contributed by atoms with Crippen molar-refractivity contribution < 1.29 is 19.1 Å². The van der Waals surface area contributed by atoms with Gasteiger partial charge in [0.15, 0.2) is 0 Å². The number of rotatable bonds is 27. The van der Waals surface area contributed by atoms with E-state index in [9.17, 15) is 14.4 Å². The highest BCUT2D eigenvalue weighted by molar-refractivity contribution is 5.82. The van der Waals surface area contributed by atoms with Crippen molar-refractivity contribution in [2.75, 3.05) is 32.7 Å². The van der Waals surface area contributed by atoms with Crippen molar-refractivity contribution in [2.24, 2.45) is 52.1 Å². The van der Waals surface area contributed by atoms with E-state index in [4.69, 9.17) is 10.5 Å². The van der Waals surface area contributed by atoms with Crippen molar-refractivity contribution in [3.8, 4) is 0 Å². The molecule has 8 nitrogen and oxygen atoms in total. The first-order valence-electron chi connectivity index (χ1n) is 24.8. The number of nitrogens with one attached hydrogen (secondary N) is 2. The SMILES string of the molecule is CCCCCCCCCCCCCC(=O)NCCCN(CC(=O)NCCCN)C(=O)O[C@H]1CC[C@@]2(C)C(=CC[C@H]3[C@@H]4CC[C@H]([C@H](C)CCCC(C)C)[C@@]4(C)CC[C@@H]32)C1. The molecule has 0 aliphatic heterocycles. The fraction of sp³-hybridized carbons (Fsp3) is 0.900. The molecular formula is C50H90N4O4. The van der Waals surface area contributed by atoms with Gasteiger partial charge in [-0.05, 0) is 117 Å². The molecule has 8 atom stereocenters. The summed E-state index contributed by atoms with van der Waals surface area (Å²) in [5.41, 5.74) is 7.80. The average molecular weight is 811 g/mol. The topological polar surface area (TPSA) is 114 Å². The van der Waals surface area contributed by atoms with E-state index in [-0.39, 0.29) is 29.9 Å². The van der Waals surface area contributed by atoms with Crippen LogP contribution in [0.4, 0.5) is 4.79 Å². The van der Waals surface area contributed by atoms with Crippen molar-refractivity contribution in [2.45, 2.75) is 208 Å². The Morgan fingerprint density at radius 3 is 2.16 bits per heavy atom. The summed E-state index contributed by atoms with van der Waals surface area (Å²) in [4.78, 5) is 40.7. The molecule has 4 aliphatic carbocycles. The summed E-state index contributed by atoms with van der Waals surface area (Å²) in [5.74, 6) is 4.66. The number of amides is 3. The number of carbonyl (C=O) groups excluding carboxylic acids is 3. The average Bonchev–Trinajstić information content (AvgIpc) is 3.55. The van der Waals surface area contributed by atoms with Crippen LogP contribution in [0.1, 0.15) is 202 Å². The molecule has 4 rings (SSSR count). The van der Waals surface area contributed by atoms with Crippen LogP contribution in [0.5, 0.6) is 0 Å². The number of unbranched alkanes of at least 4 members (excludes halogenated alkanes) is 10. The Morgan fingerprint density at radius 2 is 1.47 bits per heavy atom. The first kappa shape index (κ1) is 48.6. The van der Waals surface area contributed by atoms with Crippen LogP contribution in [0.25, 0.3) is 0 Å². The third-order valence-corrected chi connectivity index (χ3v) is 15.8. The first-order chi connectivity index (χ1) is 27.9. The van der Waals surface area contributed by atoms with Crippen molar-refractivity contribution >= 4 is 17.9 Å². The second-order valence-electron chi connectivity index (χ2n) is 20.4. The fourth-order valence-electron chi connectivity index (χ4n) is 12.3. The van der Waals surface area contributed by atoms with Gasteiger partial charge in [-0.15, -0.1) is 0 Å². The lowest BCUT2D eigenvalue weighted by Gasteiger charge is -2.58. The minimum Gasteiger partial charge on any atom is -0.446 e. The quantitative estimate of drug-likeness (QED) is 0.0565. The van der Waals surface area contributed by atoms with E-state index in [1.54, 1.807) is 0 Å². The van der Waals surface area contributed by atoms with E-state index < -0.39 is 6.09 Å². The lowest BCUT2D eigenvalue weighted by atomic mass is 9.47. The molecule has 58 heavy (non-hydrogen) atoms. The maximum atomic E-state index is 13.7. The maximum Gasteiger partial charge on any atom is 0.410 e. The third-order valence-electron chi connectivity index (χ3n) is 15.8. The first-order valence-corrected chi connectivity index (χ1v) is 24.8. The normalized spacial score (nSPS) is 28.2. The second-order valence-corrected chi connectivity index (χ2v) is 20.4. The summed E-state index contributed by atoms with van der Waals surface area (Å²) >= 11 is 0. The number of nitrogens with zero attached hydrogens (tertiary/aromatic N) is 1. The van der Waals surface area contributed by atoms with Crippen LogP contribution in [0, 0.1) is 46.3 Å². The molecule has 3 fully saturated rings. The highest BCUT2D eigenvalue weighted by atomic mass is 16.6. The lowest BCUT2D eigenvalue weighted by molar-refractivity contribution is -0.123. The van der Waals surface area contributed by atoms with Gasteiger partial charge < -0.3 is 21.1 Å². The van der Waals surface area contributed by atoms with Crippen molar-refractivity contribution in [3.63, 3.8) is 0 Å². The summed E-state index contributed by atoms with van der Waals surface area (Å²) < 4.78 is 6.24. The number of hydrogen-bond donors (Lipinski definition) is 3. The molecule has 0 heterocycles. The van der Waals surface area contributed by atoms with Gasteiger partial charge in [-0.1, -0.05) is 137 Å². The van der Waals surface area contributed by atoms with Gasteiger partial charge in [0.1, 0.15) is 12.6 Å². The Kier molecular flexibility index (Phi) is 20.9. The Balaban J connectivity index is 1.23. The molecular weight excluding hydrogens is 721 g/mol. The molecule has 0 spiro atoms. The molecule has 0 aromatic heterocycles. The van der Waals surface area contributed by atoms with E-state index in [2.05, 4.69) is 58.3 Å². The Hall–Kier alpha value is -2.09. The molecule has 0 aromatic rings. The second kappa shape index (κ2) is 25.0. The number of carbonyl (C=O) groups is 3. The zero-order chi connectivity index (χ0) is 42.0. The fourth-order valence-corrected chi connectivity index (χ4v) is 12.3. The molecule has 3 saturated carbocycles. The zero-order valence-electron chi connectivity index (χ0n) is 38.5. The Morgan fingerprint density at radius 1 is 0.793 bits per heavy atom. The number of allylic oxidation sites excluding steroid dienone is 1. The van der Waals surface area contributed by atoms with Crippen LogP contribution in [0.15, 0.2) is 11.6 Å². The summed E-state index contributed by atoms with van der Waals surface area (Å²) in [6.07, 6.45) is 31.1. The standard InChI is InChI=1S/C50H90N4O4/c1-7-8-9-10-11-12-13-14-15-16-17-23-46(55)52-34-20-35-54(37-47(56)53-33-19-32-51)48(57)58-41-28-30-49(5)40(36-41)24-25-42-44-27-26-43(39(4)22-18-21-38(2)3)50(44,6)31-29-45(42)49/h24,38-39,41-45H,7-23,25-37,51H2,1-6H3,(H,52,55)(H,53,56)/t39-,41+,42+,43-,44+,45+,49+,50-/m1/s1. The third kappa shape index (κ3) is 14.3. The predicted octanol–water partition coefficient (Wildman–Crippen LogP) is 11.5. The van der Waals surface area contributed by atoms with Crippen LogP contribution >= 0.6 is 0 Å². The van der Waals surface area contributed by atoms with Gasteiger partial charge in [0.2, 0.25) is 11.8 Å². The smallest absolute Gasteiger partial charge is 0.410 e. The molecule has 0 aromatic carbocycles. The zero-order valence-corrected chi connectivity index (χ0v) is 38.5.